The van der Waals surface area contributed by atoms with Crippen LogP contribution in [0.25, 0.3) is 0 Å². The summed E-state index contributed by atoms with van der Waals surface area (Å²) in [5, 5.41) is 4.74. The molecule has 0 aromatic heterocycles. The molecule has 6 nitrogen and oxygen atoms in total. The Kier molecular flexibility index (Phi) is 5.53. The number of aryl methyl sites for hydroxylation is 1. The minimum atomic E-state index is -0.662. The standard InChI is InChI=1S/C13H16N2O4/c1-9-4-3-5-10(6-9)13(18)15-7-12(17)19-8-11(16)14-2/h3-6H,7-8H2,1-2H3,(H,14,16)(H,15,18). The fourth-order valence-electron chi connectivity index (χ4n) is 1.31. The summed E-state index contributed by atoms with van der Waals surface area (Å²) >= 11 is 0. The quantitative estimate of drug-likeness (QED) is 0.734. The highest BCUT2D eigenvalue weighted by atomic mass is 16.5. The molecule has 0 heterocycles. The molecule has 0 unspecified atom stereocenters. The van der Waals surface area contributed by atoms with Gasteiger partial charge in [0, 0.05) is 12.6 Å². The van der Waals surface area contributed by atoms with Gasteiger partial charge in [0.1, 0.15) is 6.54 Å². The Labute approximate surface area is 111 Å². The molecule has 0 saturated carbocycles. The summed E-state index contributed by atoms with van der Waals surface area (Å²) in [4.78, 5) is 33.8. The molecule has 0 aliphatic rings. The monoisotopic (exact) mass is 264 g/mol. The van der Waals surface area contributed by atoms with Gasteiger partial charge in [-0.1, -0.05) is 17.7 Å². The molecule has 2 N–H and O–H groups in total. The SMILES string of the molecule is CNC(=O)COC(=O)CNC(=O)c1cccc(C)c1. The van der Waals surface area contributed by atoms with E-state index >= 15 is 0 Å². The number of rotatable bonds is 5. The Morgan fingerprint density at radius 1 is 1.26 bits per heavy atom. The summed E-state index contributed by atoms with van der Waals surface area (Å²) in [5.74, 6) is -1.43. The topological polar surface area (TPSA) is 84.5 Å². The van der Waals surface area contributed by atoms with Crippen molar-refractivity contribution in [3.63, 3.8) is 0 Å². The largest absolute Gasteiger partial charge is 0.454 e. The van der Waals surface area contributed by atoms with Gasteiger partial charge >= 0.3 is 5.97 Å². The number of ether oxygens (including phenoxy) is 1. The van der Waals surface area contributed by atoms with Crippen LogP contribution in [-0.2, 0) is 14.3 Å². The van der Waals surface area contributed by atoms with E-state index in [1.165, 1.54) is 7.05 Å². The highest BCUT2D eigenvalue weighted by Crippen LogP contribution is 2.03. The second-order valence-corrected chi connectivity index (χ2v) is 3.89. The van der Waals surface area contributed by atoms with Crippen molar-refractivity contribution in [3.8, 4) is 0 Å². The lowest BCUT2D eigenvalue weighted by atomic mass is 10.1. The van der Waals surface area contributed by atoms with E-state index in [-0.39, 0.29) is 19.1 Å². The van der Waals surface area contributed by atoms with E-state index in [0.717, 1.165) is 5.56 Å². The van der Waals surface area contributed by atoms with E-state index in [9.17, 15) is 14.4 Å². The van der Waals surface area contributed by atoms with Crippen molar-refractivity contribution in [1.29, 1.82) is 0 Å². The fraction of sp³-hybridized carbons (Fsp3) is 0.308. The average Bonchev–Trinajstić information content (AvgIpc) is 2.41. The maximum atomic E-state index is 11.7. The fourth-order valence-corrected chi connectivity index (χ4v) is 1.31. The number of carbonyl (C=O) groups is 3. The van der Waals surface area contributed by atoms with Crippen LogP contribution in [-0.4, -0.2) is 38.0 Å². The van der Waals surface area contributed by atoms with Crippen LogP contribution >= 0.6 is 0 Å². The van der Waals surface area contributed by atoms with Crippen LogP contribution in [0.15, 0.2) is 24.3 Å². The lowest BCUT2D eigenvalue weighted by Crippen LogP contribution is -2.33. The molecule has 0 fully saturated rings. The maximum Gasteiger partial charge on any atom is 0.325 e. The molecular weight excluding hydrogens is 248 g/mol. The van der Waals surface area contributed by atoms with E-state index < -0.39 is 11.9 Å². The van der Waals surface area contributed by atoms with Crippen LogP contribution in [0.2, 0.25) is 0 Å². The van der Waals surface area contributed by atoms with E-state index in [1.54, 1.807) is 18.2 Å². The molecular formula is C13H16N2O4. The van der Waals surface area contributed by atoms with Crippen LogP contribution in [0.5, 0.6) is 0 Å². The predicted octanol–water partition coefficient (Wildman–Crippen LogP) is 0.0140. The Bertz CT molecular complexity index is 485. The van der Waals surface area contributed by atoms with Crippen LogP contribution in [0.4, 0.5) is 0 Å². The molecule has 0 spiro atoms. The van der Waals surface area contributed by atoms with Crippen molar-refractivity contribution in [2.75, 3.05) is 20.2 Å². The number of amides is 2. The average molecular weight is 264 g/mol. The van der Waals surface area contributed by atoms with Crippen molar-refractivity contribution >= 4 is 17.8 Å². The van der Waals surface area contributed by atoms with Crippen molar-refractivity contribution in [3.05, 3.63) is 35.4 Å². The molecule has 0 bridgehead atoms. The zero-order valence-corrected chi connectivity index (χ0v) is 10.9. The Morgan fingerprint density at radius 2 is 2.00 bits per heavy atom. The number of carbonyl (C=O) groups excluding carboxylic acids is 3. The van der Waals surface area contributed by atoms with Crippen LogP contribution < -0.4 is 10.6 Å². The first-order valence-corrected chi connectivity index (χ1v) is 5.74. The number of esters is 1. The minimum absolute atomic E-state index is 0.274. The molecule has 0 atom stereocenters. The number of benzene rings is 1. The first kappa shape index (κ1) is 14.7. The zero-order valence-electron chi connectivity index (χ0n) is 10.9. The van der Waals surface area contributed by atoms with Gasteiger partial charge in [0.05, 0.1) is 0 Å². The van der Waals surface area contributed by atoms with Crippen LogP contribution in [0.3, 0.4) is 0 Å². The van der Waals surface area contributed by atoms with Gasteiger partial charge in [-0.2, -0.15) is 0 Å². The molecule has 102 valence electrons. The third kappa shape index (κ3) is 5.20. The summed E-state index contributed by atoms with van der Waals surface area (Å²) in [6.45, 7) is 1.24. The van der Waals surface area contributed by atoms with Gasteiger partial charge in [0.2, 0.25) is 0 Å². The van der Waals surface area contributed by atoms with Gasteiger partial charge in [-0.05, 0) is 19.1 Å². The Morgan fingerprint density at radius 3 is 2.63 bits per heavy atom. The number of hydrogen-bond donors (Lipinski definition) is 2. The van der Waals surface area contributed by atoms with Crippen LogP contribution in [0, 0.1) is 6.92 Å². The number of likely N-dealkylation sites (N-methyl/N-ethyl adjacent to an activating group) is 1. The molecule has 2 amide bonds. The first-order valence-electron chi connectivity index (χ1n) is 5.74. The molecule has 0 radical (unpaired) electrons. The van der Waals surface area contributed by atoms with E-state index in [1.807, 2.05) is 13.0 Å². The Balaban J connectivity index is 2.38. The highest BCUT2D eigenvalue weighted by Gasteiger charge is 2.10. The highest BCUT2D eigenvalue weighted by molar-refractivity contribution is 5.96. The van der Waals surface area contributed by atoms with Gasteiger partial charge in [-0.3, -0.25) is 14.4 Å². The summed E-state index contributed by atoms with van der Waals surface area (Å²) < 4.78 is 4.64. The predicted molar refractivity (Wildman–Crippen MR) is 68.5 cm³/mol. The first-order chi connectivity index (χ1) is 9.02. The zero-order chi connectivity index (χ0) is 14.3. The van der Waals surface area contributed by atoms with Gasteiger partial charge in [-0.15, -0.1) is 0 Å². The lowest BCUT2D eigenvalue weighted by molar-refractivity contribution is -0.147. The summed E-state index contributed by atoms with van der Waals surface area (Å²) in [6.07, 6.45) is 0. The molecule has 6 heteroatoms. The number of hydrogen-bond acceptors (Lipinski definition) is 4. The second kappa shape index (κ2) is 7.15. The normalized spacial score (nSPS) is 9.58. The maximum absolute atomic E-state index is 11.7. The third-order valence-corrected chi connectivity index (χ3v) is 2.32. The molecule has 0 saturated heterocycles. The van der Waals surface area contributed by atoms with Gasteiger partial charge < -0.3 is 15.4 Å². The van der Waals surface area contributed by atoms with Crippen molar-refractivity contribution < 1.29 is 19.1 Å². The van der Waals surface area contributed by atoms with Crippen LogP contribution in [0.1, 0.15) is 15.9 Å². The van der Waals surface area contributed by atoms with Gasteiger partial charge in [-0.25, -0.2) is 0 Å². The van der Waals surface area contributed by atoms with E-state index in [0.29, 0.717) is 5.56 Å². The molecule has 1 aromatic carbocycles. The molecule has 19 heavy (non-hydrogen) atoms. The van der Waals surface area contributed by atoms with E-state index in [4.69, 9.17) is 0 Å². The Hall–Kier alpha value is -2.37. The van der Waals surface area contributed by atoms with Gasteiger partial charge in [0.15, 0.2) is 6.61 Å². The summed E-state index contributed by atoms with van der Waals surface area (Å²) in [6, 6.07) is 6.99. The molecule has 0 aliphatic carbocycles. The second-order valence-electron chi connectivity index (χ2n) is 3.89. The molecule has 1 rings (SSSR count). The molecule has 0 aliphatic heterocycles. The van der Waals surface area contributed by atoms with Crippen molar-refractivity contribution in [1.82, 2.24) is 10.6 Å². The van der Waals surface area contributed by atoms with Crippen molar-refractivity contribution in [2.24, 2.45) is 0 Å². The number of nitrogens with one attached hydrogen (secondary N) is 2. The molecule has 1 aromatic rings. The van der Waals surface area contributed by atoms with E-state index in [2.05, 4.69) is 15.4 Å². The lowest BCUT2D eigenvalue weighted by Gasteiger charge is -2.06. The minimum Gasteiger partial charge on any atom is -0.454 e. The summed E-state index contributed by atoms with van der Waals surface area (Å²) in [7, 11) is 1.44. The summed E-state index contributed by atoms with van der Waals surface area (Å²) in [5.41, 5.74) is 1.42. The van der Waals surface area contributed by atoms with Crippen molar-refractivity contribution in [2.45, 2.75) is 6.92 Å². The van der Waals surface area contributed by atoms with Gasteiger partial charge in [0.25, 0.3) is 11.8 Å². The third-order valence-electron chi connectivity index (χ3n) is 2.32. The smallest absolute Gasteiger partial charge is 0.325 e.